The second-order valence-corrected chi connectivity index (χ2v) is 5.55. The number of hydrogen-bond donors (Lipinski definition) is 1. The van der Waals surface area contributed by atoms with Crippen LogP contribution in [-0.2, 0) is 0 Å². The highest BCUT2D eigenvalue weighted by Gasteiger charge is 2.15. The average Bonchev–Trinajstić information content (AvgIpc) is 2.94. The first-order valence-corrected chi connectivity index (χ1v) is 7.52. The number of hydrogen-bond acceptors (Lipinski definition) is 5. The van der Waals surface area contributed by atoms with Gasteiger partial charge in [0.1, 0.15) is 5.82 Å². The third kappa shape index (κ3) is 2.65. The summed E-state index contributed by atoms with van der Waals surface area (Å²) in [5.41, 5.74) is 0.921. The van der Waals surface area contributed by atoms with Gasteiger partial charge in [0.25, 0.3) is 0 Å². The molecule has 1 aliphatic heterocycles. The standard InChI is InChI=1S/C14H14IN3O2/c1-2-5-16-14-10(15)7-17-13(18-14)9-3-4-11-12(6-9)20-8-19-11/h3-4,6-7H,2,5,8H2,1H3,(H,16,17,18). The number of aromatic nitrogens is 2. The summed E-state index contributed by atoms with van der Waals surface area (Å²) < 4.78 is 11.7. The van der Waals surface area contributed by atoms with Crippen molar-refractivity contribution in [1.29, 1.82) is 0 Å². The van der Waals surface area contributed by atoms with E-state index < -0.39 is 0 Å². The van der Waals surface area contributed by atoms with Crippen LogP contribution in [-0.4, -0.2) is 23.3 Å². The Morgan fingerprint density at radius 2 is 2.15 bits per heavy atom. The molecule has 1 aliphatic rings. The largest absolute Gasteiger partial charge is 0.454 e. The van der Waals surface area contributed by atoms with Crippen LogP contribution >= 0.6 is 22.6 Å². The van der Waals surface area contributed by atoms with E-state index in [1.807, 2.05) is 24.4 Å². The molecule has 6 heteroatoms. The molecule has 0 aliphatic carbocycles. The summed E-state index contributed by atoms with van der Waals surface area (Å²) in [5.74, 6) is 3.06. The maximum atomic E-state index is 5.38. The molecular weight excluding hydrogens is 369 g/mol. The number of rotatable bonds is 4. The third-order valence-electron chi connectivity index (χ3n) is 2.92. The monoisotopic (exact) mass is 383 g/mol. The Morgan fingerprint density at radius 3 is 3.00 bits per heavy atom. The summed E-state index contributed by atoms with van der Waals surface area (Å²) in [6.45, 7) is 3.29. The van der Waals surface area contributed by atoms with E-state index in [2.05, 4.69) is 44.8 Å². The van der Waals surface area contributed by atoms with Gasteiger partial charge < -0.3 is 14.8 Å². The minimum absolute atomic E-state index is 0.273. The van der Waals surface area contributed by atoms with Crippen molar-refractivity contribution in [3.05, 3.63) is 28.0 Å². The molecule has 0 unspecified atom stereocenters. The summed E-state index contributed by atoms with van der Waals surface area (Å²) in [6.07, 6.45) is 2.88. The molecule has 1 N–H and O–H groups in total. The van der Waals surface area contributed by atoms with Crippen molar-refractivity contribution in [2.45, 2.75) is 13.3 Å². The van der Waals surface area contributed by atoms with Crippen molar-refractivity contribution in [2.75, 3.05) is 18.7 Å². The second kappa shape index (κ2) is 5.82. The third-order valence-corrected chi connectivity index (χ3v) is 3.71. The highest BCUT2D eigenvalue weighted by Crippen LogP contribution is 2.35. The molecule has 1 aromatic carbocycles. The zero-order valence-electron chi connectivity index (χ0n) is 11.0. The number of halogens is 1. The number of fused-ring (bicyclic) bond motifs is 1. The minimum Gasteiger partial charge on any atom is -0.454 e. The van der Waals surface area contributed by atoms with Gasteiger partial charge in [-0.3, -0.25) is 0 Å². The lowest BCUT2D eigenvalue weighted by atomic mass is 10.2. The van der Waals surface area contributed by atoms with Crippen LogP contribution in [0.2, 0.25) is 0 Å². The van der Waals surface area contributed by atoms with Crippen LogP contribution in [0.3, 0.4) is 0 Å². The molecule has 0 bridgehead atoms. The molecule has 0 radical (unpaired) electrons. The van der Waals surface area contributed by atoms with E-state index in [-0.39, 0.29) is 6.79 Å². The van der Waals surface area contributed by atoms with Gasteiger partial charge in [-0.15, -0.1) is 0 Å². The first-order chi connectivity index (χ1) is 9.78. The van der Waals surface area contributed by atoms with Gasteiger partial charge in [0.2, 0.25) is 6.79 Å². The molecule has 5 nitrogen and oxygen atoms in total. The Hall–Kier alpha value is -1.57. The number of ether oxygens (including phenoxy) is 2. The Balaban J connectivity index is 1.93. The van der Waals surface area contributed by atoms with Crippen LogP contribution < -0.4 is 14.8 Å². The van der Waals surface area contributed by atoms with Crippen molar-refractivity contribution in [2.24, 2.45) is 0 Å². The Morgan fingerprint density at radius 1 is 1.30 bits per heavy atom. The van der Waals surface area contributed by atoms with Gasteiger partial charge in [-0.1, -0.05) is 6.92 Å². The minimum atomic E-state index is 0.273. The molecule has 2 aromatic rings. The van der Waals surface area contributed by atoms with Gasteiger partial charge in [0.15, 0.2) is 17.3 Å². The second-order valence-electron chi connectivity index (χ2n) is 4.38. The maximum absolute atomic E-state index is 5.38. The molecule has 0 saturated heterocycles. The molecule has 1 aromatic heterocycles. The Kier molecular flexibility index (Phi) is 3.90. The van der Waals surface area contributed by atoms with Crippen molar-refractivity contribution < 1.29 is 9.47 Å². The lowest BCUT2D eigenvalue weighted by molar-refractivity contribution is 0.174. The van der Waals surface area contributed by atoms with Gasteiger partial charge >= 0.3 is 0 Å². The number of anilines is 1. The zero-order valence-corrected chi connectivity index (χ0v) is 13.2. The van der Waals surface area contributed by atoms with Crippen molar-refractivity contribution >= 4 is 28.4 Å². The van der Waals surface area contributed by atoms with Crippen LogP contribution in [0.4, 0.5) is 5.82 Å². The average molecular weight is 383 g/mol. The first kappa shape index (κ1) is 13.4. The molecule has 2 heterocycles. The van der Waals surface area contributed by atoms with Gasteiger partial charge in [0, 0.05) is 18.3 Å². The van der Waals surface area contributed by atoms with Crippen LogP contribution in [0, 0.1) is 3.57 Å². The van der Waals surface area contributed by atoms with E-state index in [1.54, 1.807) is 0 Å². The quantitative estimate of drug-likeness (QED) is 0.822. The molecule has 0 saturated carbocycles. The zero-order chi connectivity index (χ0) is 13.9. The summed E-state index contributed by atoms with van der Waals surface area (Å²) in [5, 5.41) is 3.31. The molecule has 0 spiro atoms. The molecule has 0 fully saturated rings. The van der Waals surface area contributed by atoms with Gasteiger partial charge in [-0.2, -0.15) is 0 Å². The molecule has 3 rings (SSSR count). The van der Waals surface area contributed by atoms with Crippen molar-refractivity contribution in [3.8, 4) is 22.9 Å². The first-order valence-electron chi connectivity index (χ1n) is 6.44. The molecule has 20 heavy (non-hydrogen) atoms. The highest BCUT2D eigenvalue weighted by atomic mass is 127. The van der Waals surface area contributed by atoms with Crippen LogP contribution in [0.5, 0.6) is 11.5 Å². The lowest BCUT2D eigenvalue weighted by Crippen LogP contribution is -2.05. The summed E-state index contributed by atoms with van der Waals surface area (Å²) in [6, 6.07) is 5.74. The van der Waals surface area contributed by atoms with E-state index in [9.17, 15) is 0 Å². The van der Waals surface area contributed by atoms with Gasteiger partial charge in [-0.25, -0.2) is 9.97 Å². The summed E-state index contributed by atoms with van der Waals surface area (Å²) in [7, 11) is 0. The molecule has 0 amide bonds. The topological polar surface area (TPSA) is 56.3 Å². The highest BCUT2D eigenvalue weighted by molar-refractivity contribution is 14.1. The van der Waals surface area contributed by atoms with Gasteiger partial charge in [0.05, 0.1) is 3.57 Å². The van der Waals surface area contributed by atoms with E-state index in [0.717, 1.165) is 39.4 Å². The van der Waals surface area contributed by atoms with Crippen LogP contribution in [0.1, 0.15) is 13.3 Å². The fraction of sp³-hybridized carbons (Fsp3) is 0.286. The number of nitrogens with one attached hydrogen (secondary N) is 1. The van der Waals surface area contributed by atoms with Gasteiger partial charge in [-0.05, 0) is 47.2 Å². The predicted octanol–water partition coefficient (Wildman–Crippen LogP) is 3.30. The molecule has 0 atom stereocenters. The van der Waals surface area contributed by atoms with Crippen LogP contribution in [0.25, 0.3) is 11.4 Å². The Labute approximate surface area is 130 Å². The Bertz CT molecular complexity index is 634. The summed E-state index contributed by atoms with van der Waals surface area (Å²) >= 11 is 2.23. The van der Waals surface area contributed by atoms with E-state index in [0.29, 0.717) is 5.82 Å². The van der Waals surface area contributed by atoms with E-state index in [1.165, 1.54) is 0 Å². The smallest absolute Gasteiger partial charge is 0.231 e. The fourth-order valence-electron chi connectivity index (χ4n) is 1.91. The molecular formula is C14H14IN3O2. The number of benzene rings is 1. The van der Waals surface area contributed by atoms with Crippen molar-refractivity contribution in [3.63, 3.8) is 0 Å². The summed E-state index contributed by atoms with van der Waals surface area (Å²) in [4.78, 5) is 8.97. The van der Waals surface area contributed by atoms with Crippen molar-refractivity contribution in [1.82, 2.24) is 9.97 Å². The van der Waals surface area contributed by atoms with E-state index >= 15 is 0 Å². The maximum Gasteiger partial charge on any atom is 0.231 e. The predicted molar refractivity (Wildman–Crippen MR) is 85.1 cm³/mol. The molecule has 104 valence electrons. The lowest BCUT2D eigenvalue weighted by Gasteiger charge is -2.08. The number of nitrogens with zero attached hydrogens (tertiary/aromatic N) is 2. The van der Waals surface area contributed by atoms with Crippen LogP contribution in [0.15, 0.2) is 24.4 Å². The van der Waals surface area contributed by atoms with E-state index in [4.69, 9.17) is 9.47 Å². The normalized spacial score (nSPS) is 12.5. The SMILES string of the molecule is CCCNc1nc(-c2ccc3c(c2)OCO3)ncc1I. The fourth-order valence-corrected chi connectivity index (χ4v) is 2.36.